The van der Waals surface area contributed by atoms with Crippen molar-refractivity contribution in [2.75, 3.05) is 13.7 Å². The van der Waals surface area contributed by atoms with Crippen molar-refractivity contribution < 1.29 is 13.5 Å². The molecule has 0 fully saturated rings. The lowest BCUT2D eigenvalue weighted by atomic mass is 10.1. The van der Waals surface area contributed by atoms with Crippen molar-refractivity contribution in [2.24, 2.45) is 5.73 Å². The molecule has 1 rings (SSSR count). The van der Waals surface area contributed by atoms with Gasteiger partial charge in [0.2, 0.25) is 0 Å². The Balaban J connectivity index is 3.13. The molecular formula is C9H11F2NO. The Bertz CT molecular complexity index is 302. The summed E-state index contributed by atoms with van der Waals surface area (Å²) >= 11 is 0. The summed E-state index contributed by atoms with van der Waals surface area (Å²) < 4.78 is 30.6. The zero-order valence-corrected chi connectivity index (χ0v) is 7.31. The highest BCUT2D eigenvalue weighted by Crippen LogP contribution is 2.23. The highest BCUT2D eigenvalue weighted by atomic mass is 19.1. The number of hydrogen-bond donors (Lipinski definition) is 1. The molecule has 0 unspecified atom stereocenters. The Hall–Kier alpha value is -1.16. The lowest BCUT2D eigenvalue weighted by Gasteiger charge is -2.08. The molecule has 0 bridgehead atoms. The van der Waals surface area contributed by atoms with Gasteiger partial charge < -0.3 is 10.5 Å². The molecule has 4 heteroatoms. The number of hydrogen-bond acceptors (Lipinski definition) is 2. The van der Waals surface area contributed by atoms with E-state index in [2.05, 4.69) is 0 Å². The average Bonchev–Trinajstić information content (AvgIpc) is 2.09. The molecule has 1 aromatic rings. The van der Waals surface area contributed by atoms with Crippen LogP contribution in [0.3, 0.4) is 0 Å². The highest BCUT2D eigenvalue weighted by Gasteiger charge is 2.10. The second-order valence-electron chi connectivity index (χ2n) is 2.61. The first-order chi connectivity index (χ1) is 6.19. The topological polar surface area (TPSA) is 35.2 Å². The largest absolute Gasteiger partial charge is 0.496 e. The standard InChI is InChI=1S/C9H11F2NO/c1-13-9-5-6(10)4-8(11)7(9)2-3-12/h4-5H,2-3,12H2,1H3. The zero-order chi connectivity index (χ0) is 9.84. The van der Waals surface area contributed by atoms with Crippen LogP contribution < -0.4 is 10.5 Å². The first-order valence-corrected chi connectivity index (χ1v) is 3.91. The number of rotatable bonds is 3. The summed E-state index contributed by atoms with van der Waals surface area (Å²) in [6, 6.07) is 1.97. The number of methoxy groups -OCH3 is 1. The van der Waals surface area contributed by atoms with Crippen LogP contribution in [0.4, 0.5) is 8.78 Å². The monoisotopic (exact) mass is 187 g/mol. The Morgan fingerprint density at radius 3 is 2.62 bits per heavy atom. The van der Waals surface area contributed by atoms with Gasteiger partial charge in [-0.3, -0.25) is 0 Å². The fourth-order valence-corrected chi connectivity index (χ4v) is 1.15. The van der Waals surface area contributed by atoms with E-state index in [1.54, 1.807) is 0 Å². The second-order valence-corrected chi connectivity index (χ2v) is 2.61. The third kappa shape index (κ3) is 2.15. The molecule has 0 radical (unpaired) electrons. The summed E-state index contributed by atoms with van der Waals surface area (Å²) in [4.78, 5) is 0. The maximum absolute atomic E-state index is 13.1. The fraction of sp³-hybridized carbons (Fsp3) is 0.333. The van der Waals surface area contributed by atoms with Crippen LogP contribution in [0.1, 0.15) is 5.56 Å². The van der Waals surface area contributed by atoms with E-state index in [-0.39, 0.29) is 5.75 Å². The van der Waals surface area contributed by atoms with Gasteiger partial charge in [0.05, 0.1) is 7.11 Å². The van der Waals surface area contributed by atoms with Crippen molar-refractivity contribution >= 4 is 0 Å². The van der Waals surface area contributed by atoms with Crippen LogP contribution in [0.5, 0.6) is 5.75 Å². The van der Waals surface area contributed by atoms with E-state index in [1.807, 2.05) is 0 Å². The van der Waals surface area contributed by atoms with Crippen molar-refractivity contribution in [3.63, 3.8) is 0 Å². The van der Waals surface area contributed by atoms with E-state index >= 15 is 0 Å². The molecule has 0 saturated heterocycles. The van der Waals surface area contributed by atoms with E-state index in [9.17, 15) is 8.78 Å². The Morgan fingerprint density at radius 2 is 2.08 bits per heavy atom. The molecule has 0 aliphatic heterocycles. The van der Waals surface area contributed by atoms with Gasteiger partial charge in [0.25, 0.3) is 0 Å². The van der Waals surface area contributed by atoms with E-state index in [4.69, 9.17) is 10.5 Å². The van der Waals surface area contributed by atoms with Gasteiger partial charge in [0, 0.05) is 17.7 Å². The number of nitrogens with two attached hydrogens (primary N) is 1. The van der Waals surface area contributed by atoms with Gasteiger partial charge in [-0.25, -0.2) is 8.78 Å². The predicted molar refractivity (Wildman–Crippen MR) is 45.7 cm³/mol. The van der Waals surface area contributed by atoms with Crippen LogP contribution in [0.2, 0.25) is 0 Å². The minimum Gasteiger partial charge on any atom is -0.496 e. The Morgan fingerprint density at radius 1 is 1.38 bits per heavy atom. The molecule has 72 valence electrons. The maximum atomic E-state index is 13.1. The summed E-state index contributed by atoms with van der Waals surface area (Å²) in [5, 5.41) is 0. The van der Waals surface area contributed by atoms with Crippen molar-refractivity contribution in [1.29, 1.82) is 0 Å². The zero-order valence-electron chi connectivity index (χ0n) is 7.31. The van der Waals surface area contributed by atoms with Crippen molar-refractivity contribution in [3.8, 4) is 5.75 Å². The smallest absolute Gasteiger partial charge is 0.133 e. The molecule has 2 N–H and O–H groups in total. The van der Waals surface area contributed by atoms with E-state index in [1.165, 1.54) is 7.11 Å². The van der Waals surface area contributed by atoms with Crippen molar-refractivity contribution in [1.82, 2.24) is 0 Å². The maximum Gasteiger partial charge on any atom is 0.133 e. The Labute approximate surface area is 75.3 Å². The summed E-state index contributed by atoms with van der Waals surface area (Å²) in [5.74, 6) is -1.04. The predicted octanol–water partition coefficient (Wildman–Crippen LogP) is 1.47. The highest BCUT2D eigenvalue weighted by molar-refractivity contribution is 5.35. The molecular weight excluding hydrogens is 176 g/mol. The minimum atomic E-state index is -0.643. The van der Waals surface area contributed by atoms with Crippen LogP contribution in [0, 0.1) is 11.6 Å². The van der Waals surface area contributed by atoms with Gasteiger partial charge in [0.15, 0.2) is 0 Å². The lowest BCUT2D eigenvalue weighted by molar-refractivity contribution is 0.399. The number of halogens is 2. The van der Waals surface area contributed by atoms with Crippen molar-refractivity contribution in [3.05, 3.63) is 29.3 Å². The van der Waals surface area contributed by atoms with Crippen LogP contribution in [0.15, 0.2) is 12.1 Å². The first kappa shape index (κ1) is 9.92. The number of ether oxygens (including phenoxy) is 1. The molecule has 0 heterocycles. The quantitative estimate of drug-likeness (QED) is 0.777. The SMILES string of the molecule is COc1cc(F)cc(F)c1CCN. The molecule has 2 nitrogen and oxygen atoms in total. The van der Waals surface area contributed by atoms with E-state index in [0.717, 1.165) is 12.1 Å². The molecule has 0 aromatic heterocycles. The van der Waals surface area contributed by atoms with E-state index in [0.29, 0.717) is 18.5 Å². The fourth-order valence-electron chi connectivity index (χ4n) is 1.15. The van der Waals surface area contributed by atoms with Gasteiger partial charge in [0.1, 0.15) is 17.4 Å². The third-order valence-corrected chi connectivity index (χ3v) is 1.73. The molecule has 0 spiro atoms. The van der Waals surface area contributed by atoms with Gasteiger partial charge >= 0.3 is 0 Å². The van der Waals surface area contributed by atoms with Gasteiger partial charge in [-0.1, -0.05) is 0 Å². The van der Waals surface area contributed by atoms with Gasteiger partial charge in [-0.2, -0.15) is 0 Å². The van der Waals surface area contributed by atoms with Crippen molar-refractivity contribution in [2.45, 2.75) is 6.42 Å². The second kappa shape index (κ2) is 4.18. The van der Waals surface area contributed by atoms with Crippen LogP contribution in [-0.2, 0) is 6.42 Å². The van der Waals surface area contributed by atoms with Crippen LogP contribution >= 0.6 is 0 Å². The van der Waals surface area contributed by atoms with E-state index < -0.39 is 11.6 Å². The molecule has 0 saturated carbocycles. The molecule has 0 atom stereocenters. The molecule has 1 aromatic carbocycles. The van der Waals surface area contributed by atoms with Crippen LogP contribution in [0.25, 0.3) is 0 Å². The summed E-state index contributed by atoms with van der Waals surface area (Å²) in [6.45, 7) is 0.304. The number of benzene rings is 1. The van der Waals surface area contributed by atoms with Gasteiger partial charge in [-0.15, -0.1) is 0 Å². The molecule has 0 aliphatic carbocycles. The van der Waals surface area contributed by atoms with Crippen LogP contribution in [-0.4, -0.2) is 13.7 Å². The average molecular weight is 187 g/mol. The van der Waals surface area contributed by atoms with Gasteiger partial charge in [-0.05, 0) is 13.0 Å². The summed E-state index contributed by atoms with van der Waals surface area (Å²) in [6.07, 6.45) is 0.343. The summed E-state index contributed by atoms with van der Waals surface area (Å²) in [5.41, 5.74) is 5.60. The Kier molecular flexibility index (Phi) is 3.19. The normalized spacial score (nSPS) is 10.2. The first-order valence-electron chi connectivity index (χ1n) is 3.91. The third-order valence-electron chi connectivity index (χ3n) is 1.73. The summed E-state index contributed by atoms with van der Waals surface area (Å²) in [7, 11) is 1.37. The minimum absolute atomic E-state index is 0.211. The lowest BCUT2D eigenvalue weighted by Crippen LogP contribution is -2.06. The molecule has 13 heavy (non-hydrogen) atoms. The molecule has 0 amide bonds. The molecule has 0 aliphatic rings.